The van der Waals surface area contributed by atoms with Crippen LogP contribution in [0.4, 0.5) is 5.69 Å². The van der Waals surface area contributed by atoms with Crippen molar-refractivity contribution >= 4 is 29.9 Å². The second-order valence-corrected chi connectivity index (χ2v) is 9.10. The lowest BCUT2D eigenvalue weighted by Gasteiger charge is -2.20. The fourth-order valence-electron chi connectivity index (χ4n) is 0.936. The van der Waals surface area contributed by atoms with E-state index in [0.717, 1.165) is 15.9 Å². The Bertz CT molecular complexity index is 309. The zero-order valence-electron chi connectivity index (χ0n) is 8.10. The van der Waals surface area contributed by atoms with E-state index >= 15 is 0 Å². The summed E-state index contributed by atoms with van der Waals surface area (Å²) < 4.78 is 6.68. The topological polar surface area (TPSA) is 35.2 Å². The number of nitrogens with two attached hydrogens (primary N) is 1. The van der Waals surface area contributed by atoms with Crippen LogP contribution in [0.15, 0.2) is 22.7 Å². The SMILES string of the molecule is C[Si](C)(C)Oc1cccc(N)c1Br. The molecular weight excluding hydrogens is 246 g/mol. The lowest BCUT2D eigenvalue weighted by molar-refractivity contribution is 0.554. The lowest BCUT2D eigenvalue weighted by atomic mass is 10.3. The third-order valence-corrected chi connectivity index (χ3v) is 3.09. The van der Waals surface area contributed by atoms with E-state index in [1.54, 1.807) is 0 Å². The van der Waals surface area contributed by atoms with Crippen molar-refractivity contribution in [3.63, 3.8) is 0 Å². The Morgan fingerprint density at radius 3 is 2.46 bits per heavy atom. The van der Waals surface area contributed by atoms with Crippen LogP contribution in [0.1, 0.15) is 0 Å². The molecule has 4 heteroatoms. The van der Waals surface area contributed by atoms with E-state index in [0.29, 0.717) is 0 Å². The van der Waals surface area contributed by atoms with Gasteiger partial charge in [-0.1, -0.05) is 6.07 Å². The number of hydrogen-bond acceptors (Lipinski definition) is 2. The Hall–Kier alpha value is -0.483. The summed E-state index contributed by atoms with van der Waals surface area (Å²) in [6.45, 7) is 6.42. The molecule has 0 aromatic heterocycles. The van der Waals surface area contributed by atoms with E-state index in [9.17, 15) is 0 Å². The van der Waals surface area contributed by atoms with Crippen LogP contribution >= 0.6 is 15.9 Å². The Morgan fingerprint density at radius 2 is 1.92 bits per heavy atom. The molecule has 0 aliphatic carbocycles. The molecule has 0 amide bonds. The maximum absolute atomic E-state index is 5.83. The van der Waals surface area contributed by atoms with Gasteiger partial charge in [0.25, 0.3) is 0 Å². The second kappa shape index (κ2) is 3.72. The number of anilines is 1. The first-order valence-electron chi connectivity index (χ1n) is 4.13. The molecule has 0 heterocycles. The van der Waals surface area contributed by atoms with Crippen LogP contribution in [-0.4, -0.2) is 8.32 Å². The minimum absolute atomic E-state index is 0.718. The van der Waals surface area contributed by atoms with Crippen molar-refractivity contribution in [3.8, 4) is 5.75 Å². The molecule has 0 saturated heterocycles. The molecule has 0 radical (unpaired) electrons. The average molecular weight is 260 g/mol. The van der Waals surface area contributed by atoms with Gasteiger partial charge in [-0.2, -0.15) is 0 Å². The van der Waals surface area contributed by atoms with Gasteiger partial charge in [-0.25, -0.2) is 0 Å². The second-order valence-electron chi connectivity index (χ2n) is 3.87. The van der Waals surface area contributed by atoms with Gasteiger partial charge in [0.1, 0.15) is 5.75 Å². The third-order valence-electron chi connectivity index (χ3n) is 1.41. The van der Waals surface area contributed by atoms with Gasteiger partial charge < -0.3 is 10.2 Å². The predicted octanol–water partition coefficient (Wildman–Crippen LogP) is 3.25. The largest absolute Gasteiger partial charge is 0.544 e. The van der Waals surface area contributed by atoms with Gasteiger partial charge >= 0.3 is 0 Å². The smallest absolute Gasteiger partial charge is 0.242 e. The predicted molar refractivity (Wildman–Crippen MR) is 62.5 cm³/mol. The van der Waals surface area contributed by atoms with Crippen molar-refractivity contribution in [2.45, 2.75) is 19.6 Å². The van der Waals surface area contributed by atoms with Crippen LogP contribution in [0.5, 0.6) is 5.75 Å². The van der Waals surface area contributed by atoms with E-state index in [-0.39, 0.29) is 0 Å². The standard InChI is InChI=1S/C9H14BrNOSi/c1-13(2,3)12-8-6-4-5-7(11)9(8)10/h4-6H,11H2,1-3H3. The molecule has 1 aromatic carbocycles. The van der Waals surface area contributed by atoms with Gasteiger partial charge in [0.15, 0.2) is 0 Å². The minimum Gasteiger partial charge on any atom is -0.544 e. The van der Waals surface area contributed by atoms with Crippen LogP contribution < -0.4 is 10.2 Å². The molecule has 13 heavy (non-hydrogen) atoms. The first-order chi connectivity index (χ1) is 5.90. The molecule has 0 saturated carbocycles. The summed E-state index contributed by atoms with van der Waals surface area (Å²) in [5.41, 5.74) is 6.45. The summed E-state index contributed by atoms with van der Waals surface area (Å²) in [7, 11) is -1.54. The van der Waals surface area contributed by atoms with E-state index < -0.39 is 8.32 Å². The summed E-state index contributed by atoms with van der Waals surface area (Å²) in [6, 6.07) is 5.68. The normalized spacial score (nSPS) is 11.4. The van der Waals surface area contributed by atoms with Gasteiger partial charge in [0.05, 0.1) is 4.47 Å². The van der Waals surface area contributed by atoms with E-state index in [2.05, 4.69) is 35.6 Å². The van der Waals surface area contributed by atoms with Gasteiger partial charge in [-0.05, 0) is 47.7 Å². The van der Waals surface area contributed by atoms with Crippen molar-refractivity contribution in [3.05, 3.63) is 22.7 Å². The zero-order chi connectivity index (χ0) is 10.1. The molecule has 72 valence electrons. The quantitative estimate of drug-likeness (QED) is 0.654. The molecule has 1 aromatic rings. The average Bonchev–Trinajstić information content (AvgIpc) is 1.96. The number of nitrogen functional groups attached to an aromatic ring is 1. The van der Waals surface area contributed by atoms with Crippen LogP contribution in [0, 0.1) is 0 Å². The number of rotatable bonds is 2. The third kappa shape index (κ3) is 3.04. The van der Waals surface area contributed by atoms with Gasteiger partial charge in [0, 0.05) is 5.69 Å². The Morgan fingerprint density at radius 1 is 1.31 bits per heavy atom. The van der Waals surface area contributed by atoms with Crippen molar-refractivity contribution in [2.24, 2.45) is 0 Å². The van der Waals surface area contributed by atoms with Crippen LogP contribution in [-0.2, 0) is 0 Å². The van der Waals surface area contributed by atoms with Gasteiger partial charge in [-0.3, -0.25) is 0 Å². The first-order valence-corrected chi connectivity index (χ1v) is 8.33. The van der Waals surface area contributed by atoms with Crippen LogP contribution in [0.2, 0.25) is 19.6 Å². The van der Waals surface area contributed by atoms with Crippen molar-refractivity contribution in [2.75, 3.05) is 5.73 Å². The molecule has 0 aliphatic heterocycles. The number of halogens is 1. The van der Waals surface area contributed by atoms with Crippen molar-refractivity contribution in [1.82, 2.24) is 0 Å². The van der Waals surface area contributed by atoms with E-state index in [4.69, 9.17) is 10.2 Å². The highest BCUT2D eigenvalue weighted by atomic mass is 79.9. The molecule has 0 fully saturated rings. The highest BCUT2D eigenvalue weighted by Crippen LogP contribution is 2.31. The summed E-state index contributed by atoms with van der Waals surface area (Å²) in [4.78, 5) is 0. The van der Waals surface area contributed by atoms with E-state index in [1.807, 2.05) is 18.2 Å². The summed E-state index contributed by atoms with van der Waals surface area (Å²) in [5, 5.41) is 0. The molecular formula is C9H14BrNOSi. The highest BCUT2D eigenvalue weighted by molar-refractivity contribution is 9.10. The molecule has 0 bridgehead atoms. The number of benzene rings is 1. The fraction of sp³-hybridized carbons (Fsp3) is 0.333. The summed E-state index contributed by atoms with van der Waals surface area (Å²) in [5.74, 6) is 0.846. The molecule has 2 nitrogen and oxygen atoms in total. The number of hydrogen-bond donors (Lipinski definition) is 1. The fourth-order valence-corrected chi connectivity index (χ4v) is 2.26. The Labute approximate surface area is 88.4 Å². The first kappa shape index (κ1) is 10.6. The maximum atomic E-state index is 5.83. The Kier molecular flexibility index (Phi) is 3.03. The van der Waals surface area contributed by atoms with E-state index in [1.165, 1.54) is 0 Å². The van der Waals surface area contributed by atoms with Crippen LogP contribution in [0.25, 0.3) is 0 Å². The lowest BCUT2D eigenvalue weighted by Crippen LogP contribution is -2.29. The molecule has 0 unspecified atom stereocenters. The van der Waals surface area contributed by atoms with Gasteiger partial charge in [-0.15, -0.1) is 0 Å². The summed E-state index contributed by atoms with van der Waals surface area (Å²) in [6.07, 6.45) is 0. The summed E-state index contributed by atoms with van der Waals surface area (Å²) >= 11 is 3.41. The van der Waals surface area contributed by atoms with Crippen LogP contribution in [0.3, 0.4) is 0 Å². The molecule has 0 aliphatic rings. The molecule has 1 rings (SSSR count). The Balaban J connectivity index is 2.96. The molecule has 0 atom stereocenters. The monoisotopic (exact) mass is 259 g/mol. The van der Waals surface area contributed by atoms with Crippen molar-refractivity contribution in [1.29, 1.82) is 0 Å². The van der Waals surface area contributed by atoms with Gasteiger partial charge in [0.2, 0.25) is 8.32 Å². The molecule has 0 spiro atoms. The highest BCUT2D eigenvalue weighted by Gasteiger charge is 2.18. The maximum Gasteiger partial charge on any atom is 0.242 e. The molecule has 2 N–H and O–H groups in total. The minimum atomic E-state index is -1.54. The zero-order valence-corrected chi connectivity index (χ0v) is 10.7. The van der Waals surface area contributed by atoms with Crippen molar-refractivity contribution < 1.29 is 4.43 Å².